The van der Waals surface area contributed by atoms with Crippen molar-refractivity contribution in [3.8, 4) is 5.75 Å². The zero-order chi connectivity index (χ0) is 14.5. The summed E-state index contributed by atoms with van der Waals surface area (Å²) in [6.45, 7) is 4.70. The van der Waals surface area contributed by atoms with Gasteiger partial charge in [0, 0.05) is 24.8 Å². The van der Waals surface area contributed by atoms with E-state index in [4.69, 9.17) is 9.15 Å². The quantitative estimate of drug-likeness (QED) is 0.873. The fraction of sp³-hybridized carbons (Fsp3) is 0.429. The molecular weight excluding hydrogens is 256 g/mol. The molecule has 0 aliphatic heterocycles. The molecule has 1 heterocycles. The second kappa shape index (κ2) is 6.38. The van der Waals surface area contributed by atoms with E-state index in [0.717, 1.165) is 11.4 Å². The highest BCUT2D eigenvalue weighted by Crippen LogP contribution is 2.25. The van der Waals surface area contributed by atoms with Gasteiger partial charge in [-0.05, 0) is 12.1 Å². The molecule has 20 heavy (non-hydrogen) atoms. The third-order valence-electron chi connectivity index (χ3n) is 2.85. The van der Waals surface area contributed by atoms with E-state index < -0.39 is 0 Å². The number of nitrogens with one attached hydrogen (secondary N) is 1. The summed E-state index contributed by atoms with van der Waals surface area (Å²) in [4.78, 5) is 1.83. The number of hydrogen-bond donors (Lipinski definition) is 1. The second-order valence-corrected chi connectivity index (χ2v) is 4.77. The first kappa shape index (κ1) is 14.3. The molecule has 1 aromatic heterocycles. The van der Waals surface area contributed by atoms with Gasteiger partial charge in [0.15, 0.2) is 0 Å². The van der Waals surface area contributed by atoms with E-state index in [9.17, 15) is 0 Å². The lowest BCUT2D eigenvalue weighted by Crippen LogP contribution is -2.21. The van der Waals surface area contributed by atoms with Crippen LogP contribution in [0.3, 0.4) is 0 Å². The topological polar surface area (TPSA) is 63.4 Å². The van der Waals surface area contributed by atoms with E-state index in [1.165, 1.54) is 0 Å². The van der Waals surface area contributed by atoms with Gasteiger partial charge in [0.25, 0.3) is 0 Å². The molecule has 108 valence electrons. The Balaban J connectivity index is 2.10. The third kappa shape index (κ3) is 3.48. The maximum Gasteiger partial charge on any atom is 0.322 e. The fourth-order valence-corrected chi connectivity index (χ4v) is 1.67. The lowest BCUT2D eigenvalue weighted by Gasteiger charge is -2.14. The maximum atomic E-state index is 5.62. The molecule has 6 nitrogen and oxygen atoms in total. The summed E-state index contributed by atoms with van der Waals surface area (Å²) in [6.07, 6.45) is 0. The lowest BCUT2D eigenvalue weighted by molar-refractivity contribution is 0.415. The molecule has 0 aliphatic rings. The van der Waals surface area contributed by atoms with Crippen LogP contribution in [0.4, 0.5) is 11.7 Å². The number of nitrogens with zero attached hydrogens (tertiary/aromatic N) is 3. The van der Waals surface area contributed by atoms with Gasteiger partial charge in [0.05, 0.1) is 13.7 Å². The number of benzene rings is 1. The number of hydrogen-bond acceptors (Lipinski definition) is 6. The van der Waals surface area contributed by atoms with Gasteiger partial charge in [-0.2, -0.15) is 0 Å². The van der Waals surface area contributed by atoms with Crippen molar-refractivity contribution in [2.45, 2.75) is 26.4 Å². The Morgan fingerprint density at radius 1 is 1.35 bits per heavy atom. The fourth-order valence-electron chi connectivity index (χ4n) is 1.67. The SMILES string of the molecule is COc1cccc(N(C)c2nnc(CNC(C)C)o2)c1. The Kier molecular flexibility index (Phi) is 4.57. The van der Waals surface area contributed by atoms with Gasteiger partial charge in [-0.3, -0.25) is 4.90 Å². The summed E-state index contributed by atoms with van der Waals surface area (Å²) in [6, 6.07) is 8.51. The average Bonchev–Trinajstić information content (AvgIpc) is 2.93. The zero-order valence-corrected chi connectivity index (χ0v) is 12.3. The highest BCUT2D eigenvalue weighted by atomic mass is 16.5. The molecule has 0 spiro atoms. The van der Waals surface area contributed by atoms with E-state index in [-0.39, 0.29) is 0 Å². The standard InChI is InChI=1S/C14H20N4O2/c1-10(2)15-9-13-16-17-14(20-13)18(3)11-6-5-7-12(8-11)19-4/h5-8,10,15H,9H2,1-4H3. The molecular formula is C14H20N4O2. The van der Waals surface area contributed by atoms with E-state index in [1.54, 1.807) is 7.11 Å². The molecule has 0 saturated heterocycles. The summed E-state index contributed by atoms with van der Waals surface area (Å²) in [5.74, 6) is 1.36. The molecule has 0 atom stereocenters. The molecule has 1 N–H and O–H groups in total. The largest absolute Gasteiger partial charge is 0.497 e. The van der Waals surface area contributed by atoms with Crippen molar-refractivity contribution in [1.82, 2.24) is 15.5 Å². The molecule has 0 saturated carbocycles. The predicted octanol–water partition coefficient (Wildman–Crippen LogP) is 2.34. The van der Waals surface area contributed by atoms with Gasteiger partial charge in [0.1, 0.15) is 5.75 Å². The molecule has 1 aromatic carbocycles. The van der Waals surface area contributed by atoms with Crippen molar-refractivity contribution in [2.75, 3.05) is 19.1 Å². The minimum atomic E-state index is 0.376. The number of rotatable bonds is 6. The van der Waals surface area contributed by atoms with Gasteiger partial charge < -0.3 is 14.5 Å². The van der Waals surface area contributed by atoms with Crippen molar-refractivity contribution >= 4 is 11.7 Å². The first-order valence-electron chi connectivity index (χ1n) is 6.53. The van der Waals surface area contributed by atoms with Crippen molar-refractivity contribution < 1.29 is 9.15 Å². The van der Waals surface area contributed by atoms with Crippen LogP contribution in [0.2, 0.25) is 0 Å². The van der Waals surface area contributed by atoms with E-state index in [0.29, 0.717) is 24.5 Å². The van der Waals surface area contributed by atoms with Crippen LogP contribution in [0, 0.1) is 0 Å². The average molecular weight is 276 g/mol. The summed E-state index contributed by atoms with van der Waals surface area (Å²) in [5, 5.41) is 11.3. The van der Waals surface area contributed by atoms with Gasteiger partial charge >= 0.3 is 6.01 Å². The van der Waals surface area contributed by atoms with Gasteiger partial charge in [0.2, 0.25) is 5.89 Å². The minimum absolute atomic E-state index is 0.376. The number of aromatic nitrogens is 2. The van der Waals surface area contributed by atoms with E-state index in [1.807, 2.05) is 36.2 Å². The summed E-state index contributed by atoms with van der Waals surface area (Å²) in [7, 11) is 3.52. The third-order valence-corrected chi connectivity index (χ3v) is 2.85. The number of methoxy groups -OCH3 is 1. The molecule has 0 amide bonds. The molecule has 2 rings (SSSR count). The molecule has 0 unspecified atom stereocenters. The van der Waals surface area contributed by atoms with Crippen LogP contribution >= 0.6 is 0 Å². The van der Waals surface area contributed by atoms with Crippen LogP contribution in [0.15, 0.2) is 28.7 Å². The monoisotopic (exact) mass is 276 g/mol. The van der Waals surface area contributed by atoms with Crippen molar-refractivity contribution in [1.29, 1.82) is 0 Å². The summed E-state index contributed by atoms with van der Waals surface area (Å²) < 4.78 is 10.8. The highest BCUT2D eigenvalue weighted by molar-refractivity contribution is 5.57. The molecule has 2 aromatic rings. The lowest BCUT2D eigenvalue weighted by atomic mass is 10.3. The Labute approximate surface area is 118 Å². The molecule has 0 aliphatic carbocycles. The normalized spacial score (nSPS) is 10.8. The highest BCUT2D eigenvalue weighted by Gasteiger charge is 2.13. The van der Waals surface area contributed by atoms with E-state index in [2.05, 4.69) is 29.4 Å². The predicted molar refractivity (Wildman–Crippen MR) is 77.3 cm³/mol. The Morgan fingerprint density at radius 3 is 2.85 bits per heavy atom. The first-order valence-corrected chi connectivity index (χ1v) is 6.53. The van der Waals surface area contributed by atoms with E-state index >= 15 is 0 Å². The van der Waals surface area contributed by atoms with Crippen LogP contribution in [0.25, 0.3) is 0 Å². The van der Waals surface area contributed by atoms with Gasteiger partial charge in [-0.25, -0.2) is 0 Å². The van der Waals surface area contributed by atoms with Crippen molar-refractivity contribution in [2.24, 2.45) is 0 Å². The minimum Gasteiger partial charge on any atom is -0.497 e. The van der Waals surface area contributed by atoms with Crippen LogP contribution < -0.4 is 15.0 Å². The maximum absolute atomic E-state index is 5.62. The Hall–Kier alpha value is -2.08. The van der Waals surface area contributed by atoms with Crippen LogP contribution in [-0.4, -0.2) is 30.4 Å². The number of anilines is 2. The molecule has 0 radical (unpaired) electrons. The smallest absolute Gasteiger partial charge is 0.322 e. The Bertz CT molecular complexity index is 554. The first-order chi connectivity index (χ1) is 9.60. The molecule has 6 heteroatoms. The van der Waals surface area contributed by atoms with Crippen LogP contribution in [0.5, 0.6) is 5.75 Å². The Morgan fingerprint density at radius 2 is 2.15 bits per heavy atom. The van der Waals surface area contributed by atoms with Crippen LogP contribution in [-0.2, 0) is 6.54 Å². The van der Waals surface area contributed by atoms with Crippen molar-refractivity contribution in [3.63, 3.8) is 0 Å². The summed E-state index contributed by atoms with van der Waals surface area (Å²) >= 11 is 0. The number of ether oxygens (including phenoxy) is 1. The summed E-state index contributed by atoms with van der Waals surface area (Å²) in [5.41, 5.74) is 0.927. The molecule has 0 bridgehead atoms. The zero-order valence-electron chi connectivity index (χ0n) is 12.3. The van der Waals surface area contributed by atoms with Crippen LogP contribution in [0.1, 0.15) is 19.7 Å². The van der Waals surface area contributed by atoms with Gasteiger partial charge in [-0.1, -0.05) is 25.0 Å². The second-order valence-electron chi connectivity index (χ2n) is 4.77. The van der Waals surface area contributed by atoms with Gasteiger partial charge in [-0.15, -0.1) is 5.10 Å². The van der Waals surface area contributed by atoms with Crippen molar-refractivity contribution in [3.05, 3.63) is 30.2 Å². The molecule has 0 fully saturated rings.